The van der Waals surface area contributed by atoms with Crippen LogP contribution in [0.25, 0.3) is 0 Å². The van der Waals surface area contributed by atoms with E-state index in [0.29, 0.717) is 5.96 Å². The maximum absolute atomic E-state index is 6.08. The van der Waals surface area contributed by atoms with Gasteiger partial charge < -0.3 is 10.6 Å². The second-order valence-corrected chi connectivity index (χ2v) is 5.98. The van der Waals surface area contributed by atoms with Crippen molar-refractivity contribution in [3.8, 4) is 0 Å². The van der Waals surface area contributed by atoms with Crippen molar-refractivity contribution in [1.29, 1.82) is 0 Å². The molecular formula is C13H17N3S. The van der Waals surface area contributed by atoms with Gasteiger partial charge in [-0.1, -0.05) is 12.1 Å². The van der Waals surface area contributed by atoms with E-state index in [4.69, 9.17) is 5.73 Å². The molecule has 0 aliphatic carbocycles. The fourth-order valence-corrected chi connectivity index (χ4v) is 4.10. The predicted molar refractivity (Wildman–Crippen MR) is 74.8 cm³/mol. The Bertz CT molecular complexity index is 463. The highest BCUT2D eigenvalue weighted by atomic mass is 32.2. The summed E-state index contributed by atoms with van der Waals surface area (Å²) in [5.74, 6) is 3.02. The fraction of sp³-hybridized carbons (Fsp3) is 0.462. The Kier molecular flexibility index (Phi) is 2.54. The summed E-state index contributed by atoms with van der Waals surface area (Å²) in [4.78, 5) is 6.72. The first-order valence-corrected chi connectivity index (χ1v) is 7.11. The Morgan fingerprint density at radius 3 is 3.06 bits per heavy atom. The summed E-state index contributed by atoms with van der Waals surface area (Å²) in [5, 5.41) is 0. The van der Waals surface area contributed by atoms with Crippen LogP contribution in [-0.4, -0.2) is 29.5 Å². The van der Waals surface area contributed by atoms with Gasteiger partial charge in [0.2, 0.25) is 0 Å². The Morgan fingerprint density at radius 2 is 2.35 bits per heavy atom. The van der Waals surface area contributed by atoms with Crippen LogP contribution in [0.15, 0.2) is 29.3 Å². The molecule has 1 atom stereocenters. The zero-order valence-electron chi connectivity index (χ0n) is 10.0. The van der Waals surface area contributed by atoms with Gasteiger partial charge in [0.15, 0.2) is 5.96 Å². The molecule has 0 aromatic heterocycles. The minimum atomic E-state index is 0.141. The minimum absolute atomic E-state index is 0.141. The lowest BCUT2D eigenvalue weighted by atomic mass is 9.97. The van der Waals surface area contributed by atoms with Crippen molar-refractivity contribution in [3.63, 3.8) is 0 Å². The van der Waals surface area contributed by atoms with Crippen LogP contribution in [0.2, 0.25) is 0 Å². The van der Waals surface area contributed by atoms with Crippen molar-refractivity contribution >= 4 is 23.4 Å². The number of nitrogens with zero attached hydrogens (tertiary/aromatic N) is 2. The third-order valence-electron chi connectivity index (χ3n) is 3.58. The number of benzene rings is 1. The van der Waals surface area contributed by atoms with Crippen molar-refractivity contribution in [2.24, 2.45) is 10.7 Å². The summed E-state index contributed by atoms with van der Waals surface area (Å²) in [5.41, 5.74) is 8.68. The Balaban J connectivity index is 2.01. The smallest absolute Gasteiger partial charge is 0.196 e. The SMILES string of the molecule is Cc1cccc(N2C(N)=NCC23CCSC3)c1. The Labute approximate surface area is 106 Å². The summed E-state index contributed by atoms with van der Waals surface area (Å²) in [7, 11) is 0. The number of hydrogen-bond donors (Lipinski definition) is 1. The maximum Gasteiger partial charge on any atom is 0.196 e. The van der Waals surface area contributed by atoms with Gasteiger partial charge in [-0.25, -0.2) is 0 Å². The third-order valence-corrected chi connectivity index (χ3v) is 4.82. The van der Waals surface area contributed by atoms with Crippen molar-refractivity contribution in [2.45, 2.75) is 18.9 Å². The van der Waals surface area contributed by atoms with Gasteiger partial charge in [-0.2, -0.15) is 11.8 Å². The van der Waals surface area contributed by atoms with Gasteiger partial charge in [0, 0.05) is 11.4 Å². The lowest BCUT2D eigenvalue weighted by Gasteiger charge is -2.35. The Hall–Kier alpha value is -1.16. The van der Waals surface area contributed by atoms with Gasteiger partial charge in [-0.3, -0.25) is 4.99 Å². The molecule has 2 heterocycles. The van der Waals surface area contributed by atoms with E-state index in [2.05, 4.69) is 41.1 Å². The van der Waals surface area contributed by atoms with Crippen LogP contribution in [0.5, 0.6) is 0 Å². The highest BCUT2D eigenvalue weighted by Crippen LogP contribution is 2.39. The maximum atomic E-state index is 6.08. The number of hydrogen-bond acceptors (Lipinski definition) is 4. The van der Waals surface area contributed by atoms with E-state index in [0.717, 1.165) is 12.3 Å². The van der Waals surface area contributed by atoms with E-state index >= 15 is 0 Å². The second-order valence-electron chi connectivity index (χ2n) is 4.88. The highest BCUT2D eigenvalue weighted by molar-refractivity contribution is 7.99. The molecule has 0 amide bonds. The molecule has 1 fully saturated rings. The molecule has 1 saturated heterocycles. The van der Waals surface area contributed by atoms with Crippen LogP contribution >= 0.6 is 11.8 Å². The zero-order valence-corrected chi connectivity index (χ0v) is 10.8. The number of nitrogens with two attached hydrogens (primary N) is 1. The third kappa shape index (κ3) is 1.71. The molecule has 0 saturated carbocycles. The lowest BCUT2D eigenvalue weighted by Crippen LogP contribution is -2.52. The number of thioether (sulfide) groups is 1. The summed E-state index contributed by atoms with van der Waals surface area (Å²) >= 11 is 2.00. The molecule has 17 heavy (non-hydrogen) atoms. The number of aliphatic imine (C=N–C) groups is 1. The normalized spacial score (nSPS) is 27.8. The van der Waals surface area contributed by atoms with Crippen molar-refractivity contribution in [2.75, 3.05) is 23.0 Å². The first-order chi connectivity index (χ1) is 8.21. The van der Waals surface area contributed by atoms with Crippen LogP contribution in [0, 0.1) is 6.92 Å². The number of rotatable bonds is 1. The highest BCUT2D eigenvalue weighted by Gasteiger charge is 2.45. The van der Waals surface area contributed by atoms with E-state index in [1.54, 1.807) is 0 Å². The molecule has 0 radical (unpaired) electrons. The molecule has 0 bridgehead atoms. The van der Waals surface area contributed by atoms with Gasteiger partial charge in [-0.05, 0) is 36.8 Å². The van der Waals surface area contributed by atoms with Gasteiger partial charge >= 0.3 is 0 Å². The van der Waals surface area contributed by atoms with Crippen LogP contribution in [0.4, 0.5) is 5.69 Å². The minimum Gasteiger partial charge on any atom is -0.369 e. The standard InChI is InChI=1S/C13H17N3S/c1-10-3-2-4-11(7-10)16-12(14)15-8-13(16)5-6-17-9-13/h2-4,7H,5-6,8-9H2,1H3,(H2,14,15). The van der Waals surface area contributed by atoms with E-state index in [-0.39, 0.29) is 5.54 Å². The largest absolute Gasteiger partial charge is 0.369 e. The Morgan fingerprint density at radius 1 is 1.47 bits per heavy atom. The second kappa shape index (κ2) is 3.95. The molecule has 4 heteroatoms. The molecule has 2 aliphatic rings. The molecule has 2 aliphatic heterocycles. The molecule has 3 rings (SSSR count). The van der Waals surface area contributed by atoms with E-state index in [9.17, 15) is 0 Å². The van der Waals surface area contributed by atoms with E-state index < -0.39 is 0 Å². The molecule has 3 nitrogen and oxygen atoms in total. The molecule has 2 N–H and O–H groups in total. The molecule has 1 aromatic rings. The average molecular weight is 247 g/mol. The molecule has 1 spiro atoms. The summed E-state index contributed by atoms with van der Waals surface area (Å²) < 4.78 is 0. The van der Waals surface area contributed by atoms with Crippen LogP contribution in [-0.2, 0) is 0 Å². The first-order valence-electron chi connectivity index (χ1n) is 5.96. The molecular weight excluding hydrogens is 230 g/mol. The van der Waals surface area contributed by atoms with Gasteiger partial charge in [0.1, 0.15) is 0 Å². The predicted octanol–water partition coefficient (Wildman–Crippen LogP) is 2.01. The zero-order chi connectivity index (χ0) is 11.9. The van der Waals surface area contributed by atoms with Gasteiger partial charge in [-0.15, -0.1) is 0 Å². The average Bonchev–Trinajstić information content (AvgIpc) is 2.88. The lowest BCUT2D eigenvalue weighted by molar-refractivity contribution is 0.516. The van der Waals surface area contributed by atoms with Gasteiger partial charge in [0.05, 0.1) is 12.1 Å². The van der Waals surface area contributed by atoms with Crippen LogP contribution < -0.4 is 10.6 Å². The number of guanidine groups is 1. The fourth-order valence-electron chi connectivity index (χ4n) is 2.68. The van der Waals surface area contributed by atoms with Crippen LogP contribution in [0.3, 0.4) is 0 Å². The van der Waals surface area contributed by atoms with Crippen molar-refractivity contribution in [1.82, 2.24) is 0 Å². The first kappa shape index (κ1) is 11.0. The number of aryl methyl sites for hydroxylation is 1. The van der Waals surface area contributed by atoms with Gasteiger partial charge in [0.25, 0.3) is 0 Å². The summed E-state index contributed by atoms with van der Waals surface area (Å²) in [6, 6.07) is 8.53. The van der Waals surface area contributed by atoms with E-state index in [1.165, 1.54) is 23.4 Å². The quantitative estimate of drug-likeness (QED) is 0.825. The van der Waals surface area contributed by atoms with Crippen LogP contribution in [0.1, 0.15) is 12.0 Å². The topological polar surface area (TPSA) is 41.6 Å². The summed E-state index contributed by atoms with van der Waals surface area (Å²) in [6.45, 7) is 2.96. The van der Waals surface area contributed by atoms with Crippen molar-refractivity contribution in [3.05, 3.63) is 29.8 Å². The van der Waals surface area contributed by atoms with E-state index in [1.807, 2.05) is 11.8 Å². The molecule has 1 unspecified atom stereocenters. The summed E-state index contributed by atoms with van der Waals surface area (Å²) in [6.07, 6.45) is 1.18. The molecule has 90 valence electrons. The molecule has 1 aromatic carbocycles. The van der Waals surface area contributed by atoms with Crippen molar-refractivity contribution < 1.29 is 0 Å². The number of anilines is 1. The monoisotopic (exact) mass is 247 g/mol.